The maximum absolute atomic E-state index is 14.6. The molecule has 0 saturated heterocycles. The van der Waals surface area contributed by atoms with Crippen molar-refractivity contribution in [1.29, 1.82) is 0 Å². The third-order valence-electron chi connectivity index (χ3n) is 4.44. The van der Waals surface area contributed by atoms with E-state index in [4.69, 9.17) is 4.74 Å². The van der Waals surface area contributed by atoms with Gasteiger partial charge < -0.3 is 4.74 Å². The molecule has 0 radical (unpaired) electrons. The lowest BCUT2D eigenvalue weighted by Crippen LogP contribution is -2.22. The van der Waals surface area contributed by atoms with Crippen LogP contribution in [0.3, 0.4) is 0 Å². The zero-order valence-corrected chi connectivity index (χ0v) is 15.6. The number of hydrogen-bond donors (Lipinski definition) is 0. The van der Waals surface area contributed by atoms with Crippen LogP contribution in [-0.2, 0) is 12.5 Å². The van der Waals surface area contributed by atoms with Gasteiger partial charge in [0.2, 0.25) is 0 Å². The van der Waals surface area contributed by atoms with Gasteiger partial charge in [0, 0.05) is 0 Å². The summed E-state index contributed by atoms with van der Waals surface area (Å²) < 4.78 is 48.3. The van der Waals surface area contributed by atoms with Gasteiger partial charge >= 0.3 is 6.11 Å². The minimum Gasteiger partial charge on any atom is -0.426 e. The van der Waals surface area contributed by atoms with Crippen molar-refractivity contribution in [2.45, 2.75) is 25.9 Å². The molecule has 144 valence electrons. The highest BCUT2D eigenvalue weighted by atomic mass is 19.3. The predicted octanol–water partition coefficient (Wildman–Crippen LogP) is 7.26. The molecule has 0 aromatic heterocycles. The van der Waals surface area contributed by atoms with Crippen LogP contribution in [0.4, 0.5) is 13.2 Å². The van der Waals surface area contributed by atoms with Gasteiger partial charge in [-0.2, -0.15) is 8.78 Å². The largest absolute Gasteiger partial charge is 0.426 e. The van der Waals surface area contributed by atoms with Crippen molar-refractivity contribution in [2.24, 2.45) is 0 Å². The summed E-state index contributed by atoms with van der Waals surface area (Å²) in [5, 5.41) is 1.25. The van der Waals surface area contributed by atoms with Crippen LogP contribution in [0.5, 0.6) is 5.75 Å². The van der Waals surface area contributed by atoms with Crippen molar-refractivity contribution < 1.29 is 17.9 Å². The van der Waals surface area contributed by atoms with Crippen LogP contribution in [0.2, 0.25) is 0 Å². The third-order valence-corrected chi connectivity index (χ3v) is 4.44. The van der Waals surface area contributed by atoms with Crippen molar-refractivity contribution in [2.75, 3.05) is 0 Å². The summed E-state index contributed by atoms with van der Waals surface area (Å²) in [7, 11) is 0. The highest BCUT2D eigenvalue weighted by Gasteiger charge is 2.35. The lowest BCUT2D eigenvalue weighted by atomic mass is 10.1. The smallest absolute Gasteiger partial charge is 0.426 e. The molecule has 3 aromatic rings. The Morgan fingerprint density at radius 3 is 2.43 bits per heavy atom. The highest BCUT2D eigenvalue weighted by molar-refractivity contribution is 5.86. The Labute approximate surface area is 162 Å². The van der Waals surface area contributed by atoms with Gasteiger partial charge in [0.1, 0.15) is 0 Å². The van der Waals surface area contributed by atoms with Crippen LogP contribution >= 0.6 is 0 Å². The Kier molecular flexibility index (Phi) is 5.88. The summed E-state index contributed by atoms with van der Waals surface area (Å²) in [5.74, 6) is -1.31. The fourth-order valence-corrected chi connectivity index (χ4v) is 2.97. The molecular formula is C24H21F3O. The van der Waals surface area contributed by atoms with Crippen molar-refractivity contribution in [3.8, 4) is 5.75 Å². The number of fused-ring (bicyclic) bond motifs is 1. The second kappa shape index (κ2) is 8.34. The molecule has 3 aromatic carbocycles. The minimum absolute atomic E-state index is 0.321. The molecule has 0 bridgehead atoms. The molecular weight excluding hydrogens is 361 g/mol. The SMILES string of the molecule is C=CCCc1ccc(C(F)(F)Oc2cc3ccc(/C=C/C)cc3cc2F)cc1. The first kappa shape index (κ1) is 19.7. The summed E-state index contributed by atoms with van der Waals surface area (Å²) in [4.78, 5) is 0. The molecule has 0 atom stereocenters. The first-order valence-corrected chi connectivity index (χ1v) is 9.06. The minimum atomic E-state index is -3.64. The molecule has 0 fully saturated rings. The molecule has 0 spiro atoms. The maximum atomic E-state index is 14.6. The molecule has 0 saturated carbocycles. The van der Waals surface area contributed by atoms with Crippen molar-refractivity contribution in [1.82, 2.24) is 0 Å². The quantitative estimate of drug-likeness (QED) is 0.391. The molecule has 0 N–H and O–H groups in total. The van der Waals surface area contributed by atoms with Crippen LogP contribution < -0.4 is 4.74 Å². The summed E-state index contributed by atoms with van der Waals surface area (Å²) in [5.41, 5.74) is 1.51. The zero-order valence-electron chi connectivity index (χ0n) is 15.6. The second-order valence-corrected chi connectivity index (χ2v) is 6.53. The lowest BCUT2D eigenvalue weighted by Gasteiger charge is -2.19. The zero-order chi connectivity index (χ0) is 20.1. The fourth-order valence-electron chi connectivity index (χ4n) is 2.97. The summed E-state index contributed by atoms with van der Waals surface area (Å²) >= 11 is 0. The van der Waals surface area contributed by atoms with Crippen LogP contribution in [0, 0.1) is 5.82 Å². The number of aryl methyl sites for hydroxylation is 1. The Hall–Kier alpha value is -3.01. The number of allylic oxidation sites excluding steroid dienone is 2. The van der Waals surface area contributed by atoms with E-state index in [0.29, 0.717) is 10.8 Å². The van der Waals surface area contributed by atoms with Crippen molar-refractivity contribution >= 4 is 16.8 Å². The van der Waals surface area contributed by atoms with Gasteiger partial charge in [-0.3, -0.25) is 0 Å². The third kappa shape index (κ3) is 4.45. The van der Waals surface area contributed by atoms with E-state index in [0.717, 1.165) is 24.0 Å². The molecule has 28 heavy (non-hydrogen) atoms. The van der Waals surface area contributed by atoms with Gasteiger partial charge in [-0.05, 0) is 72.0 Å². The van der Waals surface area contributed by atoms with Crippen LogP contribution in [-0.4, -0.2) is 0 Å². The monoisotopic (exact) mass is 382 g/mol. The molecule has 0 aliphatic rings. The fraction of sp³-hybridized carbons (Fsp3) is 0.167. The van der Waals surface area contributed by atoms with Crippen LogP contribution in [0.25, 0.3) is 16.8 Å². The Balaban J connectivity index is 1.86. The number of ether oxygens (including phenoxy) is 1. The van der Waals surface area contributed by atoms with E-state index in [1.165, 1.54) is 24.3 Å². The number of hydrogen-bond acceptors (Lipinski definition) is 1. The van der Waals surface area contributed by atoms with E-state index in [9.17, 15) is 13.2 Å². The summed E-state index contributed by atoms with van der Waals surface area (Å²) in [6, 6.07) is 13.8. The predicted molar refractivity (Wildman–Crippen MR) is 108 cm³/mol. The van der Waals surface area contributed by atoms with Crippen molar-refractivity contribution in [3.63, 3.8) is 0 Å². The summed E-state index contributed by atoms with van der Waals surface area (Å²) in [6.07, 6.45) is 3.38. The Bertz CT molecular complexity index is 1000. The number of rotatable bonds is 7. The molecule has 0 unspecified atom stereocenters. The topological polar surface area (TPSA) is 9.23 Å². The highest BCUT2D eigenvalue weighted by Crippen LogP contribution is 2.35. The molecule has 0 aliphatic carbocycles. The van der Waals surface area contributed by atoms with Crippen LogP contribution in [0.15, 0.2) is 73.3 Å². The number of alkyl halides is 2. The van der Waals surface area contributed by atoms with Gasteiger partial charge in [-0.1, -0.05) is 42.5 Å². The van der Waals surface area contributed by atoms with Gasteiger partial charge in [0.25, 0.3) is 0 Å². The van der Waals surface area contributed by atoms with E-state index in [2.05, 4.69) is 6.58 Å². The Morgan fingerprint density at radius 2 is 1.75 bits per heavy atom. The standard InChI is InChI=1S/C24H21F3O/c1-3-5-7-17-9-12-21(13-10-17)24(26,27)28-23-16-19-11-8-18(6-4-2)14-20(19)15-22(23)25/h3-4,6,8-16H,1,5,7H2,2H3/b6-4+. The van der Waals surface area contributed by atoms with Gasteiger partial charge in [-0.25, -0.2) is 4.39 Å². The van der Waals surface area contributed by atoms with Crippen molar-refractivity contribution in [3.05, 3.63) is 95.8 Å². The Morgan fingerprint density at radius 1 is 1.00 bits per heavy atom. The van der Waals surface area contributed by atoms with E-state index < -0.39 is 17.7 Å². The first-order valence-electron chi connectivity index (χ1n) is 9.06. The van der Waals surface area contributed by atoms with Crippen LogP contribution in [0.1, 0.15) is 30.0 Å². The van der Waals surface area contributed by atoms with E-state index in [1.54, 1.807) is 30.3 Å². The van der Waals surface area contributed by atoms with E-state index >= 15 is 0 Å². The average Bonchev–Trinajstić information content (AvgIpc) is 2.67. The molecule has 1 nitrogen and oxygen atoms in total. The molecule has 0 amide bonds. The maximum Gasteiger partial charge on any atom is 0.426 e. The van der Waals surface area contributed by atoms with E-state index in [-0.39, 0.29) is 5.56 Å². The molecule has 0 aliphatic heterocycles. The number of halogens is 3. The van der Waals surface area contributed by atoms with Gasteiger partial charge in [-0.15, -0.1) is 6.58 Å². The molecule has 3 rings (SSSR count). The number of benzene rings is 3. The van der Waals surface area contributed by atoms with Gasteiger partial charge in [0.15, 0.2) is 11.6 Å². The summed E-state index contributed by atoms with van der Waals surface area (Å²) in [6.45, 7) is 5.53. The molecule has 0 heterocycles. The van der Waals surface area contributed by atoms with E-state index in [1.807, 2.05) is 25.1 Å². The normalized spacial score (nSPS) is 11.9. The first-order chi connectivity index (χ1) is 13.4. The molecule has 4 heteroatoms. The van der Waals surface area contributed by atoms with Gasteiger partial charge in [0.05, 0.1) is 5.56 Å². The lowest BCUT2D eigenvalue weighted by molar-refractivity contribution is -0.186. The second-order valence-electron chi connectivity index (χ2n) is 6.53. The average molecular weight is 382 g/mol.